The number of nitrogens with zero attached hydrogens (tertiary/aromatic N) is 3. The maximum Gasteiger partial charge on any atom is 0.329 e. The van der Waals surface area contributed by atoms with E-state index in [2.05, 4.69) is 15.3 Å². The van der Waals surface area contributed by atoms with Crippen molar-refractivity contribution in [3.8, 4) is 0 Å². The largest absolute Gasteiger partial charge is 0.368 e. The molecule has 1 aromatic rings. The molecular weight excluding hydrogens is 202 g/mol. The van der Waals surface area contributed by atoms with E-state index in [1.165, 1.54) is 6.92 Å². The van der Waals surface area contributed by atoms with Crippen LogP contribution in [0, 0.1) is 10.1 Å². The molecule has 1 heterocycles. The predicted molar refractivity (Wildman–Crippen MR) is 52.3 cm³/mol. The number of carbonyl (C=O) groups is 1. The van der Waals surface area contributed by atoms with Gasteiger partial charge in [-0.25, -0.2) is 4.98 Å². The summed E-state index contributed by atoms with van der Waals surface area (Å²) in [6, 6.07) is 0. The van der Waals surface area contributed by atoms with E-state index in [-0.39, 0.29) is 29.8 Å². The molecule has 0 aliphatic heterocycles. The highest BCUT2D eigenvalue weighted by Gasteiger charge is 2.16. The molecule has 8 heteroatoms. The highest BCUT2D eigenvalue weighted by Crippen LogP contribution is 2.20. The molecule has 0 radical (unpaired) electrons. The zero-order valence-electron chi connectivity index (χ0n) is 7.93. The fourth-order valence-electron chi connectivity index (χ4n) is 0.861. The highest BCUT2D eigenvalue weighted by molar-refractivity contribution is 5.80. The van der Waals surface area contributed by atoms with Crippen LogP contribution in [-0.2, 0) is 4.79 Å². The Morgan fingerprint density at radius 3 is 2.93 bits per heavy atom. The van der Waals surface area contributed by atoms with Gasteiger partial charge in [-0.05, 0) is 6.92 Å². The van der Waals surface area contributed by atoms with E-state index < -0.39 is 4.92 Å². The van der Waals surface area contributed by atoms with E-state index in [1.54, 1.807) is 0 Å². The van der Waals surface area contributed by atoms with Gasteiger partial charge in [0.25, 0.3) is 0 Å². The van der Waals surface area contributed by atoms with Crippen LogP contribution in [-0.4, -0.2) is 27.2 Å². The van der Waals surface area contributed by atoms with Crippen LogP contribution in [0.1, 0.15) is 6.92 Å². The summed E-state index contributed by atoms with van der Waals surface area (Å²) in [5.41, 5.74) is 4.95. The van der Waals surface area contributed by atoms with Gasteiger partial charge in [-0.3, -0.25) is 14.9 Å². The lowest BCUT2D eigenvalue weighted by Gasteiger charge is -2.03. The molecule has 0 unspecified atom stereocenters. The van der Waals surface area contributed by atoms with Crippen LogP contribution in [0.3, 0.4) is 0 Å². The third kappa shape index (κ3) is 2.86. The molecule has 1 aromatic heterocycles. The molecule has 0 spiro atoms. The Labute approximate surface area is 84.7 Å². The monoisotopic (exact) mass is 211 g/mol. The zero-order valence-corrected chi connectivity index (χ0v) is 7.93. The van der Waals surface area contributed by atoms with E-state index >= 15 is 0 Å². The second-order valence-corrected chi connectivity index (χ2v) is 2.77. The second-order valence-electron chi connectivity index (χ2n) is 2.77. The minimum absolute atomic E-state index is 0.0444. The average molecular weight is 211 g/mol. The smallest absolute Gasteiger partial charge is 0.329 e. The van der Waals surface area contributed by atoms with Gasteiger partial charge in [0.05, 0.1) is 11.5 Å². The van der Waals surface area contributed by atoms with Crippen molar-refractivity contribution in [1.82, 2.24) is 9.97 Å². The third-order valence-electron chi connectivity index (χ3n) is 1.49. The second kappa shape index (κ2) is 4.31. The molecule has 0 saturated heterocycles. The maximum absolute atomic E-state index is 10.7. The van der Waals surface area contributed by atoms with Gasteiger partial charge in [-0.1, -0.05) is 0 Å². The van der Waals surface area contributed by atoms with Gasteiger partial charge in [0.15, 0.2) is 0 Å². The van der Waals surface area contributed by atoms with Crippen LogP contribution in [0.2, 0.25) is 0 Å². The standard InChI is InChI=1S/C7H9N5O3/c1-4(13)2-9-6-5(12(14)15)3-10-7(8)11-6/h3H,2H2,1H3,(H3,8,9,10,11). The highest BCUT2D eigenvalue weighted by atomic mass is 16.6. The van der Waals surface area contributed by atoms with Crippen LogP contribution >= 0.6 is 0 Å². The van der Waals surface area contributed by atoms with Crippen molar-refractivity contribution in [1.29, 1.82) is 0 Å². The topological polar surface area (TPSA) is 124 Å². The summed E-state index contributed by atoms with van der Waals surface area (Å²) >= 11 is 0. The SMILES string of the molecule is CC(=O)CNc1nc(N)ncc1[N+](=O)[O-]. The molecule has 0 amide bonds. The number of nitrogens with two attached hydrogens (primary N) is 1. The lowest BCUT2D eigenvalue weighted by Crippen LogP contribution is -2.13. The van der Waals surface area contributed by atoms with Crippen molar-refractivity contribution in [2.24, 2.45) is 0 Å². The van der Waals surface area contributed by atoms with Crippen molar-refractivity contribution < 1.29 is 9.72 Å². The van der Waals surface area contributed by atoms with Crippen molar-refractivity contribution in [2.75, 3.05) is 17.6 Å². The number of nitro groups is 1. The number of carbonyl (C=O) groups excluding carboxylic acids is 1. The van der Waals surface area contributed by atoms with Crippen LogP contribution in [0.25, 0.3) is 0 Å². The molecule has 0 aromatic carbocycles. The molecule has 0 fully saturated rings. The van der Waals surface area contributed by atoms with Crippen molar-refractivity contribution in [3.05, 3.63) is 16.3 Å². The molecule has 0 aliphatic rings. The number of nitrogen functional groups attached to an aromatic ring is 1. The van der Waals surface area contributed by atoms with Gasteiger partial charge in [0.1, 0.15) is 12.0 Å². The lowest BCUT2D eigenvalue weighted by atomic mass is 10.4. The number of aromatic nitrogens is 2. The van der Waals surface area contributed by atoms with Gasteiger partial charge < -0.3 is 11.1 Å². The molecule has 0 saturated carbocycles. The molecule has 0 atom stereocenters. The van der Waals surface area contributed by atoms with E-state index in [1.807, 2.05) is 0 Å². The zero-order chi connectivity index (χ0) is 11.4. The Bertz CT molecular complexity index is 406. The maximum atomic E-state index is 10.7. The molecule has 15 heavy (non-hydrogen) atoms. The Balaban J connectivity index is 2.96. The molecule has 3 N–H and O–H groups in total. The number of anilines is 2. The normalized spacial score (nSPS) is 9.67. The summed E-state index contributed by atoms with van der Waals surface area (Å²) in [5, 5.41) is 13.1. The summed E-state index contributed by atoms with van der Waals surface area (Å²) in [5.74, 6) is -0.309. The molecule has 8 nitrogen and oxygen atoms in total. The number of hydrogen-bond donors (Lipinski definition) is 2. The van der Waals surface area contributed by atoms with Crippen molar-refractivity contribution in [2.45, 2.75) is 6.92 Å². The summed E-state index contributed by atoms with van der Waals surface area (Å²) in [6.45, 7) is 1.31. The first kappa shape index (κ1) is 10.8. The minimum atomic E-state index is -0.651. The molecule has 1 rings (SSSR count). The summed E-state index contributed by atoms with van der Waals surface area (Å²) in [7, 11) is 0. The Morgan fingerprint density at radius 2 is 2.40 bits per heavy atom. The first-order valence-electron chi connectivity index (χ1n) is 4.01. The van der Waals surface area contributed by atoms with Crippen LogP contribution < -0.4 is 11.1 Å². The number of nitrogens with one attached hydrogen (secondary N) is 1. The number of hydrogen-bond acceptors (Lipinski definition) is 7. The fraction of sp³-hybridized carbons (Fsp3) is 0.286. The fourth-order valence-corrected chi connectivity index (χ4v) is 0.861. The Kier molecular flexibility index (Phi) is 3.11. The number of Topliss-reactive ketones (excluding diaryl/α,β-unsaturated/α-hetero) is 1. The molecule has 0 aliphatic carbocycles. The molecular formula is C7H9N5O3. The predicted octanol–water partition coefficient (Wildman–Crippen LogP) is -0.0321. The van der Waals surface area contributed by atoms with Gasteiger partial charge in [0.2, 0.25) is 11.8 Å². The summed E-state index contributed by atoms with van der Waals surface area (Å²) in [6.07, 6.45) is 0.991. The van der Waals surface area contributed by atoms with Crippen molar-refractivity contribution >= 4 is 23.2 Å². The van der Waals surface area contributed by atoms with Gasteiger partial charge >= 0.3 is 5.69 Å². The summed E-state index contributed by atoms with van der Waals surface area (Å²) < 4.78 is 0. The number of ketones is 1. The van der Waals surface area contributed by atoms with Gasteiger partial charge in [-0.15, -0.1) is 0 Å². The quantitative estimate of drug-likeness (QED) is 0.529. The van der Waals surface area contributed by atoms with Gasteiger partial charge in [-0.2, -0.15) is 4.98 Å². The van der Waals surface area contributed by atoms with Crippen LogP contribution in [0.4, 0.5) is 17.5 Å². The average Bonchev–Trinajstić information content (AvgIpc) is 2.14. The number of rotatable bonds is 4. The molecule has 0 bridgehead atoms. The van der Waals surface area contributed by atoms with E-state index in [4.69, 9.17) is 5.73 Å². The summed E-state index contributed by atoms with van der Waals surface area (Å²) in [4.78, 5) is 27.7. The van der Waals surface area contributed by atoms with E-state index in [0.29, 0.717) is 0 Å². The van der Waals surface area contributed by atoms with Crippen LogP contribution in [0.15, 0.2) is 6.20 Å². The van der Waals surface area contributed by atoms with E-state index in [0.717, 1.165) is 6.20 Å². The van der Waals surface area contributed by atoms with Crippen LogP contribution in [0.5, 0.6) is 0 Å². The lowest BCUT2D eigenvalue weighted by molar-refractivity contribution is -0.384. The Morgan fingerprint density at radius 1 is 1.73 bits per heavy atom. The van der Waals surface area contributed by atoms with Crippen molar-refractivity contribution in [3.63, 3.8) is 0 Å². The minimum Gasteiger partial charge on any atom is -0.368 e. The first-order chi connectivity index (χ1) is 7.00. The first-order valence-corrected chi connectivity index (χ1v) is 4.01. The van der Waals surface area contributed by atoms with Gasteiger partial charge in [0, 0.05) is 0 Å². The Hall–Kier alpha value is -2.25. The third-order valence-corrected chi connectivity index (χ3v) is 1.49. The van der Waals surface area contributed by atoms with E-state index in [9.17, 15) is 14.9 Å². The molecule has 80 valence electrons.